The summed E-state index contributed by atoms with van der Waals surface area (Å²) in [7, 11) is 1.28. The first-order valence-electron chi connectivity index (χ1n) is 8.66. The quantitative estimate of drug-likeness (QED) is 0.380. The Morgan fingerprint density at radius 3 is 2.40 bits per heavy atom. The molecule has 0 bridgehead atoms. The number of aromatic amines is 2. The smallest absolute Gasteiger partial charge is 0.416 e. The average molecular weight is 418 g/mol. The molecule has 10 heteroatoms. The van der Waals surface area contributed by atoms with Crippen LogP contribution in [0.4, 0.5) is 27.6 Å². The maximum atomic E-state index is 14.8. The molecule has 0 radical (unpaired) electrons. The minimum Gasteiger partial charge on any atom is -0.497 e. The number of hydrogen-bond donors (Lipinski definition) is 2. The van der Waals surface area contributed by atoms with Crippen LogP contribution >= 0.6 is 0 Å². The van der Waals surface area contributed by atoms with Crippen molar-refractivity contribution in [3.8, 4) is 17.0 Å². The van der Waals surface area contributed by atoms with Gasteiger partial charge in [-0.25, -0.2) is 13.8 Å². The Bertz CT molecular complexity index is 1330. The van der Waals surface area contributed by atoms with Crippen molar-refractivity contribution in [1.29, 1.82) is 0 Å². The summed E-state index contributed by atoms with van der Waals surface area (Å²) in [5, 5.41) is 6.84. The van der Waals surface area contributed by atoms with E-state index in [9.17, 15) is 22.0 Å². The Morgan fingerprint density at radius 2 is 1.73 bits per heavy atom. The molecule has 4 aromatic rings. The molecular weight excluding hydrogens is 407 g/mol. The zero-order valence-corrected chi connectivity index (χ0v) is 15.2. The Labute approximate surface area is 165 Å². The largest absolute Gasteiger partial charge is 0.497 e. The van der Waals surface area contributed by atoms with E-state index in [1.807, 2.05) is 0 Å². The lowest BCUT2D eigenvalue weighted by molar-refractivity contribution is -0.137. The molecule has 5 nitrogen and oxygen atoms in total. The summed E-state index contributed by atoms with van der Waals surface area (Å²) in [4.78, 5) is 7.11. The molecule has 0 saturated heterocycles. The molecule has 3 heterocycles. The summed E-state index contributed by atoms with van der Waals surface area (Å²) in [5.74, 6) is -1.85. The van der Waals surface area contributed by atoms with E-state index in [0.29, 0.717) is 5.39 Å². The first kappa shape index (κ1) is 18.3. The lowest BCUT2D eigenvalue weighted by Gasteiger charge is -2.11. The van der Waals surface area contributed by atoms with Crippen LogP contribution in [0.5, 0.6) is 5.75 Å². The van der Waals surface area contributed by atoms with E-state index < -0.39 is 28.9 Å². The van der Waals surface area contributed by atoms with Crippen LogP contribution in [0.1, 0.15) is 16.7 Å². The minimum absolute atomic E-state index is 0.0126. The van der Waals surface area contributed by atoms with Crippen LogP contribution in [-0.2, 0) is 6.18 Å². The summed E-state index contributed by atoms with van der Waals surface area (Å²) in [6.45, 7) is 0. The number of aliphatic imine (C=N–C) groups is 1. The van der Waals surface area contributed by atoms with E-state index in [4.69, 9.17) is 4.74 Å². The third-order valence-corrected chi connectivity index (χ3v) is 4.97. The normalized spacial score (nSPS) is 13.2. The summed E-state index contributed by atoms with van der Waals surface area (Å²) in [5.41, 5.74) is -0.383. The Kier molecular flexibility index (Phi) is 3.76. The van der Waals surface area contributed by atoms with Crippen LogP contribution in [0.15, 0.2) is 41.7 Å². The molecular formula is C20H11F5N4O. The van der Waals surface area contributed by atoms with Crippen molar-refractivity contribution < 1.29 is 26.7 Å². The number of methoxy groups -OCH3 is 1. The molecule has 0 spiro atoms. The first-order chi connectivity index (χ1) is 14.3. The molecule has 0 amide bonds. The van der Waals surface area contributed by atoms with Crippen molar-refractivity contribution in [3.05, 3.63) is 65.0 Å². The fourth-order valence-corrected chi connectivity index (χ4v) is 3.64. The number of aromatic nitrogens is 3. The maximum absolute atomic E-state index is 14.8. The predicted octanol–water partition coefficient (Wildman–Crippen LogP) is 5.35. The average Bonchev–Trinajstić information content (AvgIpc) is 3.29. The zero-order chi connectivity index (χ0) is 21.2. The SMILES string of the molecule is COc1cc(F)c(C2=Nc3cn[nH]c3-c3cc(C(F)(F)F)cc4[nH]cc2c34)c(F)c1. The molecule has 5 rings (SSSR count). The number of fused-ring (bicyclic) bond motifs is 2. The fraction of sp³-hybridized carbons (Fsp3) is 0.100. The molecule has 0 atom stereocenters. The fourth-order valence-electron chi connectivity index (χ4n) is 3.64. The van der Waals surface area contributed by atoms with Crippen molar-refractivity contribution in [1.82, 2.24) is 15.2 Å². The van der Waals surface area contributed by atoms with E-state index in [1.165, 1.54) is 19.5 Å². The van der Waals surface area contributed by atoms with Crippen LogP contribution in [0.2, 0.25) is 0 Å². The lowest BCUT2D eigenvalue weighted by Crippen LogP contribution is -2.09. The van der Waals surface area contributed by atoms with Gasteiger partial charge in [0.25, 0.3) is 0 Å². The molecule has 2 aromatic heterocycles. The second kappa shape index (κ2) is 6.15. The molecule has 2 aromatic carbocycles. The van der Waals surface area contributed by atoms with Gasteiger partial charge in [-0.05, 0) is 12.1 Å². The molecule has 0 saturated carbocycles. The summed E-state index contributed by atoms with van der Waals surface area (Å²) >= 11 is 0. The first-order valence-corrected chi connectivity index (χ1v) is 8.66. The molecule has 1 aliphatic heterocycles. The number of H-pyrrole nitrogens is 2. The molecule has 30 heavy (non-hydrogen) atoms. The monoisotopic (exact) mass is 418 g/mol. The molecule has 1 aliphatic rings. The zero-order valence-electron chi connectivity index (χ0n) is 15.2. The van der Waals surface area contributed by atoms with Crippen molar-refractivity contribution in [2.45, 2.75) is 6.18 Å². The van der Waals surface area contributed by atoms with Gasteiger partial charge in [0, 0.05) is 40.4 Å². The van der Waals surface area contributed by atoms with Gasteiger partial charge in [-0.2, -0.15) is 18.3 Å². The number of ether oxygens (including phenoxy) is 1. The highest BCUT2D eigenvalue weighted by atomic mass is 19.4. The van der Waals surface area contributed by atoms with E-state index in [0.717, 1.165) is 24.3 Å². The summed E-state index contributed by atoms with van der Waals surface area (Å²) in [6, 6.07) is 3.94. The van der Waals surface area contributed by atoms with Crippen LogP contribution in [0.25, 0.3) is 22.2 Å². The Balaban J connectivity index is 1.86. The van der Waals surface area contributed by atoms with Gasteiger partial charge in [0.1, 0.15) is 23.1 Å². The van der Waals surface area contributed by atoms with Crippen molar-refractivity contribution >= 4 is 22.3 Å². The highest BCUT2D eigenvalue weighted by Crippen LogP contribution is 2.43. The van der Waals surface area contributed by atoms with Crippen molar-refractivity contribution in [2.24, 2.45) is 4.99 Å². The van der Waals surface area contributed by atoms with E-state index in [2.05, 4.69) is 20.2 Å². The molecule has 152 valence electrons. The predicted molar refractivity (Wildman–Crippen MR) is 99.1 cm³/mol. The number of hydrogen-bond acceptors (Lipinski definition) is 3. The second-order valence-corrected chi connectivity index (χ2v) is 6.70. The van der Waals surface area contributed by atoms with Gasteiger partial charge in [-0.3, -0.25) is 5.10 Å². The molecule has 0 unspecified atom stereocenters. The number of alkyl halides is 3. The Hall–Kier alpha value is -3.69. The van der Waals surface area contributed by atoms with E-state index >= 15 is 0 Å². The van der Waals surface area contributed by atoms with Gasteiger partial charge in [0.05, 0.1) is 35.8 Å². The van der Waals surface area contributed by atoms with Gasteiger partial charge in [0.2, 0.25) is 0 Å². The second-order valence-electron chi connectivity index (χ2n) is 6.70. The van der Waals surface area contributed by atoms with Gasteiger partial charge in [-0.15, -0.1) is 0 Å². The van der Waals surface area contributed by atoms with Crippen molar-refractivity contribution in [3.63, 3.8) is 0 Å². The summed E-state index contributed by atoms with van der Waals surface area (Å²) < 4.78 is 74.7. The number of nitrogens with zero attached hydrogens (tertiary/aromatic N) is 2. The van der Waals surface area contributed by atoms with E-state index in [1.54, 1.807) is 0 Å². The van der Waals surface area contributed by atoms with Crippen LogP contribution in [0.3, 0.4) is 0 Å². The number of halogens is 5. The third kappa shape index (κ3) is 2.60. The van der Waals surface area contributed by atoms with Gasteiger partial charge >= 0.3 is 6.18 Å². The van der Waals surface area contributed by atoms with Gasteiger partial charge < -0.3 is 9.72 Å². The maximum Gasteiger partial charge on any atom is 0.416 e. The molecule has 0 aliphatic carbocycles. The lowest BCUT2D eigenvalue weighted by atomic mass is 9.96. The molecule has 0 fully saturated rings. The number of rotatable bonds is 2. The topological polar surface area (TPSA) is 66.1 Å². The van der Waals surface area contributed by atoms with Crippen LogP contribution in [-0.4, -0.2) is 28.0 Å². The number of benzene rings is 2. The van der Waals surface area contributed by atoms with E-state index in [-0.39, 0.29) is 39.5 Å². The Morgan fingerprint density at radius 1 is 1.00 bits per heavy atom. The highest BCUT2D eigenvalue weighted by Gasteiger charge is 2.34. The van der Waals surface area contributed by atoms with Crippen LogP contribution < -0.4 is 4.74 Å². The molecule has 2 N–H and O–H groups in total. The van der Waals surface area contributed by atoms with Crippen molar-refractivity contribution in [2.75, 3.05) is 7.11 Å². The van der Waals surface area contributed by atoms with Gasteiger partial charge in [-0.1, -0.05) is 0 Å². The van der Waals surface area contributed by atoms with Gasteiger partial charge in [0.15, 0.2) is 0 Å². The van der Waals surface area contributed by atoms with Crippen LogP contribution in [0, 0.1) is 11.6 Å². The third-order valence-electron chi connectivity index (χ3n) is 4.97. The highest BCUT2D eigenvalue weighted by molar-refractivity contribution is 6.24. The number of nitrogens with one attached hydrogen (secondary N) is 2. The minimum atomic E-state index is -4.58. The summed E-state index contributed by atoms with van der Waals surface area (Å²) in [6.07, 6.45) is -1.91. The standard InChI is InChI=1S/C20H11F5N4O/c1-30-9-4-12(21)17(13(22)5-9)19-11-6-26-14-3-8(20(23,24)25)2-10(16(11)14)18-15(28-19)7-27-29-18/h2-7,26H,1H3,(H,27,29).